The SMILES string of the molecule is Fc1ccc(CCC2Cc3c(ccc4c3C3C=CC5=C(CC(F)S5)C43)S2)cc1. The summed E-state index contributed by atoms with van der Waals surface area (Å²) in [7, 11) is 0. The van der Waals surface area contributed by atoms with Crippen LogP contribution in [-0.2, 0) is 12.8 Å². The van der Waals surface area contributed by atoms with Crippen LogP contribution in [0.3, 0.4) is 0 Å². The summed E-state index contributed by atoms with van der Waals surface area (Å²) in [6.07, 6.45) is 8.29. The Morgan fingerprint density at radius 2 is 1.86 bits per heavy atom. The molecule has 4 unspecified atom stereocenters. The number of benzene rings is 2. The Hall–Kier alpha value is -1.52. The summed E-state index contributed by atoms with van der Waals surface area (Å²) >= 11 is 3.39. The van der Waals surface area contributed by atoms with Crippen LogP contribution in [0, 0.1) is 5.82 Å². The Morgan fingerprint density at radius 1 is 1.00 bits per heavy atom. The van der Waals surface area contributed by atoms with Gasteiger partial charge in [-0.3, -0.25) is 0 Å². The molecule has 0 N–H and O–H groups in total. The first kappa shape index (κ1) is 17.3. The van der Waals surface area contributed by atoms with Crippen LogP contribution in [0.25, 0.3) is 0 Å². The largest absolute Gasteiger partial charge is 0.235 e. The fraction of sp³-hybridized carbons (Fsp3) is 0.333. The van der Waals surface area contributed by atoms with Gasteiger partial charge in [-0.15, -0.1) is 11.8 Å². The zero-order valence-electron chi connectivity index (χ0n) is 15.3. The maximum atomic E-state index is 13.9. The second kappa shape index (κ2) is 6.50. The van der Waals surface area contributed by atoms with Gasteiger partial charge < -0.3 is 0 Å². The lowest BCUT2D eigenvalue weighted by Crippen LogP contribution is -2.28. The molecule has 2 heterocycles. The van der Waals surface area contributed by atoms with Gasteiger partial charge in [-0.1, -0.05) is 42.1 Å². The molecule has 2 aromatic rings. The fourth-order valence-electron chi connectivity index (χ4n) is 5.26. The fourth-order valence-corrected chi connectivity index (χ4v) is 7.64. The van der Waals surface area contributed by atoms with E-state index in [0.29, 0.717) is 23.5 Å². The third-order valence-electron chi connectivity index (χ3n) is 6.55. The normalized spacial score (nSPS) is 29.2. The van der Waals surface area contributed by atoms with Crippen LogP contribution in [0.15, 0.2) is 63.9 Å². The monoisotopic (exact) mass is 410 g/mol. The topological polar surface area (TPSA) is 0 Å². The Balaban J connectivity index is 1.22. The average molecular weight is 411 g/mol. The maximum absolute atomic E-state index is 13.9. The molecule has 0 fully saturated rings. The lowest BCUT2D eigenvalue weighted by molar-refractivity contribution is 0.440. The average Bonchev–Trinajstić information content (AvgIpc) is 3.24. The van der Waals surface area contributed by atoms with Crippen molar-refractivity contribution < 1.29 is 8.78 Å². The van der Waals surface area contributed by atoms with Crippen LogP contribution in [0.4, 0.5) is 8.78 Å². The Bertz CT molecular complexity index is 1020. The molecule has 4 atom stereocenters. The van der Waals surface area contributed by atoms with E-state index in [1.165, 1.54) is 49.4 Å². The van der Waals surface area contributed by atoms with E-state index in [-0.39, 0.29) is 5.82 Å². The molecule has 2 aliphatic carbocycles. The summed E-state index contributed by atoms with van der Waals surface area (Å²) in [6, 6.07) is 11.5. The molecule has 6 rings (SSSR count). The molecule has 0 aromatic heterocycles. The highest BCUT2D eigenvalue weighted by Gasteiger charge is 2.46. The summed E-state index contributed by atoms with van der Waals surface area (Å²) < 4.78 is 27.0. The predicted octanol–water partition coefficient (Wildman–Crippen LogP) is 6.91. The van der Waals surface area contributed by atoms with Crippen LogP contribution in [0.1, 0.15) is 46.9 Å². The van der Waals surface area contributed by atoms with Gasteiger partial charge in [0, 0.05) is 33.3 Å². The molecule has 0 saturated heterocycles. The second-order valence-corrected chi connectivity index (χ2v) is 10.7. The van der Waals surface area contributed by atoms with Gasteiger partial charge in [-0.05, 0) is 65.3 Å². The molecule has 4 aliphatic rings. The van der Waals surface area contributed by atoms with Crippen molar-refractivity contribution in [3.05, 3.63) is 87.1 Å². The van der Waals surface area contributed by atoms with Crippen molar-refractivity contribution in [3.63, 3.8) is 0 Å². The van der Waals surface area contributed by atoms with E-state index in [4.69, 9.17) is 0 Å². The van der Waals surface area contributed by atoms with Crippen molar-refractivity contribution in [2.24, 2.45) is 0 Å². The number of halogens is 2. The van der Waals surface area contributed by atoms with Crippen molar-refractivity contribution in [1.82, 2.24) is 0 Å². The number of hydrogen-bond acceptors (Lipinski definition) is 2. The molecule has 2 aromatic carbocycles. The van der Waals surface area contributed by atoms with Crippen LogP contribution in [0.2, 0.25) is 0 Å². The third kappa shape index (κ3) is 2.64. The summed E-state index contributed by atoms with van der Waals surface area (Å²) in [6.45, 7) is 0. The van der Waals surface area contributed by atoms with Crippen LogP contribution in [-0.4, -0.2) is 10.8 Å². The first-order chi connectivity index (χ1) is 13.7. The molecule has 142 valence electrons. The highest BCUT2D eigenvalue weighted by atomic mass is 32.2. The molecule has 0 amide bonds. The molecule has 0 bridgehead atoms. The maximum Gasteiger partial charge on any atom is 0.154 e. The van der Waals surface area contributed by atoms with E-state index < -0.39 is 5.50 Å². The highest BCUT2D eigenvalue weighted by molar-refractivity contribution is 8.04. The summed E-state index contributed by atoms with van der Waals surface area (Å²) in [4.78, 5) is 2.60. The number of thioether (sulfide) groups is 2. The number of allylic oxidation sites excluding steroid dienone is 3. The molecular weight excluding hydrogens is 390 g/mol. The van der Waals surface area contributed by atoms with E-state index in [1.807, 2.05) is 23.9 Å². The Kier molecular flexibility index (Phi) is 4.03. The van der Waals surface area contributed by atoms with Gasteiger partial charge in [-0.25, -0.2) is 8.78 Å². The van der Waals surface area contributed by atoms with E-state index >= 15 is 0 Å². The first-order valence-corrected chi connectivity index (χ1v) is 11.7. The first-order valence-electron chi connectivity index (χ1n) is 9.96. The number of alkyl halides is 1. The quantitative estimate of drug-likeness (QED) is 0.539. The van der Waals surface area contributed by atoms with Crippen LogP contribution < -0.4 is 0 Å². The van der Waals surface area contributed by atoms with Crippen LogP contribution in [0.5, 0.6) is 0 Å². The Labute approximate surface area is 172 Å². The van der Waals surface area contributed by atoms with Crippen molar-refractivity contribution >= 4 is 23.5 Å². The van der Waals surface area contributed by atoms with Gasteiger partial charge in [-0.2, -0.15) is 0 Å². The second-order valence-electron chi connectivity index (χ2n) is 8.14. The number of aryl methyl sites for hydroxylation is 1. The molecule has 0 spiro atoms. The van der Waals surface area contributed by atoms with Gasteiger partial charge in [0.15, 0.2) is 5.50 Å². The molecule has 0 saturated carbocycles. The lowest BCUT2D eigenvalue weighted by Gasteiger charge is -2.43. The van der Waals surface area contributed by atoms with Gasteiger partial charge in [0.05, 0.1) is 0 Å². The third-order valence-corrected chi connectivity index (χ3v) is 9.00. The Morgan fingerprint density at radius 3 is 2.71 bits per heavy atom. The summed E-state index contributed by atoms with van der Waals surface area (Å²) in [5.74, 6) is 0.696. The van der Waals surface area contributed by atoms with Gasteiger partial charge in [0.25, 0.3) is 0 Å². The zero-order chi connectivity index (χ0) is 18.8. The smallest absolute Gasteiger partial charge is 0.154 e. The molecule has 28 heavy (non-hydrogen) atoms. The van der Waals surface area contributed by atoms with E-state index in [0.717, 1.165) is 19.3 Å². The van der Waals surface area contributed by atoms with Gasteiger partial charge in [0.1, 0.15) is 5.82 Å². The van der Waals surface area contributed by atoms with E-state index in [2.05, 4.69) is 24.3 Å². The van der Waals surface area contributed by atoms with Gasteiger partial charge >= 0.3 is 0 Å². The van der Waals surface area contributed by atoms with Gasteiger partial charge in [0.2, 0.25) is 0 Å². The lowest BCUT2D eigenvalue weighted by atomic mass is 9.61. The van der Waals surface area contributed by atoms with E-state index in [1.54, 1.807) is 12.1 Å². The minimum absolute atomic E-state index is 0.168. The van der Waals surface area contributed by atoms with Crippen LogP contribution >= 0.6 is 23.5 Å². The molecule has 2 aliphatic heterocycles. The minimum Gasteiger partial charge on any atom is -0.235 e. The number of rotatable bonds is 3. The zero-order valence-corrected chi connectivity index (χ0v) is 17.0. The minimum atomic E-state index is -0.765. The molecule has 0 radical (unpaired) electrons. The van der Waals surface area contributed by atoms with E-state index in [9.17, 15) is 8.78 Å². The molecule has 0 nitrogen and oxygen atoms in total. The predicted molar refractivity (Wildman–Crippen MR) is 113 cm³/mol. The highest BCUT2D eigenvalue weighted by Crippen LogP contribution is 2.62. The standard InChI is InChI=1S/C24H20F2S2/c25-14-4-1-13(2-5-14)3-6-15-11-18-20(27-15)9-7-16-23(18)17-8-10-21-19(24(16)17)12-22(26)28-21/h1-2,4-5,7-10,15,17,22,24H,3,6,11-12H2. The van der Waals surface area contributed by atoms with Crippen molar-refractivity contribution in [2.75, 3.05) is 0 Å². The van der Waals surface area contributed by atoms with Crippen molar-refractivity contribution in [1.29, 1.82) is 0 Å². The van der Waals surface area contributed by atoms with Crippen molar-refractivity contribution in [3.8, 4) is 0 Å². The molecule has 4 heteroatoms. The number of fused-ring (bicyclic) bond motifs is 7. The summed E-state index contributed by atoms with van der Waals surface area (Å²) in [5, 5.41) is 0.588. The number of hydrogen-bond donors (Lipinski definition) is 0. The van der Waals surface area contributed by atoms with Crippen molar-refractivity contribution in [2.45, 2.75) is 53.2 Å². The molecular formula is C24H20F2S2. The summed E-state index contributed by atoms with van der Waals surface area (Å²) in [5.41, 5.74) is 6.27.